The van der Waals surface area contributed by atoms with Crippen LogP contribution in [0.3, 0.4) is 0 Å². The van der Waals surface area contributed by atoms with Crippen LogP contribution in [0.4, 0.5) is 11.5 Å². The highest BCUT2D eigenvalue weighted by atomic mass is 35.5. The predicted octanol–water partition coefficient (Wildman–Crippen LogP) is 4.56. The Labute approximate surface area is 183 Å². The van der Waals surface area contributed by atoms with Crippen LogP contribution in [-0.2, 0) is 10.0 Å². The van der Waals surface area contributed by atoms with Crippen LogP contribution >= 0.6 is 11.6 Å². The molecule has 0 fully saturated rings. The molecule has 2 N–H and O–H groups in total. The van der Waals surface area contributed by atoms with Gasteiger partial charge in [0.25, 0.3) is 10.0 Å². The number of fused-ring (bicyclic) bond motifs is 2. The zero-order valence-electron chi connectivity index (χ0n) is 16.6. The van der Waals surface area contributed by atoms with Gasteiger partial charge in [-0.05, 0) is 61.8 Å². The number of rotatable bonds is 4. The van der Waals surface area contributed by atoms with Crippen molar-refractivity contribution in [2.75, 3.05) is 5.32 Å². The first kappa shape index (κ1) is 19.5. The second-order valence-electron chi connectivity index (χ2n) is 7.20. The van der Waals surface area contributed by atoms with Crippen molar-refractivity contribution in [3.05, 3.63) is 71.3 Å². The molecule has 0 unspecified atom stereocenters. The van der Waals surface area contributed by atoms with Gasteiger partial charge in [-0.3, -0.25) is 5.10 Å². The SMILES string of the molecule is Cc1ccc(S(=O)(=O)n2ccc3c(Nc4ccc5c(C)n[nH]c5c4)nc(Cl)nc32)cc1. The standard InChI is InChI=1S/C21H17ClN6O2S/c1-12-3-6-15(7-4-12)31(29,30)28-10-9-17-19(24-21(22)25-20(17)28)23-14-5-8-16-13(2)26-27-18(16)11-14/h3-11H,1-2H3,(H,26,27)(H,23,24,25). The Morgan fingerprint density at radius 2 is 1.77 bits per heavy atom. The van der Waals surface area contributed by atoms with Crippen molar-refractivity contribution in [3.8, 4) is 0 Å². The molecule has 3 heterocycles. The van der Waals surface area contributed by atoms with Gasteiger partial charge in [-0.25, -0.2) is 12.4 Å². The third-order valence-electron chi connectivity index (χ3n) is 5.08. The van der Waals surface area contributed by atoms with E-state index < -0.39 is 10.0 Å². The number of benzene rings is 2. The van der Waals surface area contributed by atoms with Crippen molar-refractivity contribution in [1.29, 1.82) is 0 Å². The molecule has 31 heavy (non-hydrogen) atoms. The summed E-state index contributed by atoms with van der Waals surface area (Å²) in [4.78, 5) is 8.62. The number of nitrogens with one attached hydrogen (secondary N) is 2. The van der Waals surface area contributed by atoms with Gasteiger partial charge in [0.15, 0.2) is 5.65 Å². The zero-order chi connectivity index (χ0) is 21.8. The molecule has 0 aliphatic carbocycles. The van der Waals surface area contributed by atoms with E-state index in [0.717, 1.165) is 31.8 Å². The van der Waals surface area contributed by atoms with Crippen LogP contribution in [-0.4, -0.2) is 32.6 Å². The summed E-state index contributed by atoms with van der Waals surface area (Å²) < 4.78 is 27.5. The monoisotopic (exact) mass is 452 g/mol. The molecule has 10 heteroatoms. The molecule has 5 aromatic rings. The number of hydrogen-bond acceptors (Lipinski definition) is 6. The Bertz CT molecular complexity index is 1550. The van der Waals surface area contributed by atoms with Crippen molar-refractivity contribution in [3.63, 3.8) is 0 Å². The molecule has 0 amide bonds. The Morgan fingerprint density at radius 3 is 2.55 bits per heavy atom. The van der Waals surface area contributed by atoms with E-state index in [4.69, 9.17) is 11.6 Å². The van der Waals surface area contributed by atoms with Crippen LogP contribution in [0.25, 0.3) is 21.9 Å². The summed E-state index contributed by atoms with van der Waals surface area (Å²) in [6.07, 6.45) is 1.46. The predicted molar refractivity (Wildman–Crippen MR) is 120 cm³/mol. The van der Waals surface area contributed by atoms with E-state index in [1.165, 1.54) is 6.20 Å². The van der Waals surface area contributed by atoms with Gasteiger partial charge in [0.2, 0.25) is 5.28 Å². The molecule has 2 aromatic carbocycles. The summed E-state index contributed by atoms with van der Waals surface area (Å²) in [7, 11) is -3.84. The molecule has 0 spiro atoms. The van der Waals surface area contributed by atoms with E-state index in [0.29, 0.717) is 11.2 Å². The Hall–Kier alpha value is -3.43. The minimum Gasteiger partial charge on any atom is -0.339 e. The summed E-state index contributed by atoms with van der Waals surface area (Å²) in [6.45, 7) is 3.82. The van der Waals surface area contributed by atoms with E-state index in [1.54, 1.807) is 30.3 Å². The minimum absolute atomic E-state index is 0.0625. The van der Waals surface area contributed by atoms with Gasteiger partial charge in [0.05, 0.1) is 21.5 Å². The smallest absolute Gasteiger partial charge is 0.269 e. The Kier molecular flexibility index (Phi) is 4.45. The first-order valence-corrected chi connectivity index (χ1v) is 11.2. The highest BCUT2D eigenvalue weighted by molar-refractivity contribution is 7.90. The summed E-state index contributed by atoms with van der Waals surface area (Å²) in [5, 5.41) is 11.9. The molecule has 156 valence electrons. The molecule has 0 atom stereocenters. The second kappa shape index (κ2) is 7.07. The number of aromatic nitrogens is 5. The summed E-state index contributed by atoms with van der Waals surface area (Å²) in [6, 6.07) is 14.0. The van der Waals surface area contributed by atoms with Crippen molar-refractivity contribution < 1.29 is 8.42 Å². The number of aryl methyl sites for hydroxylation is 2. The van der Waals surface area contributed by atoms with Gasteiger partial charge < -0.3 is 5.32 Å². The molecule has 0 saturated heterocycles. The molecule has 0 bridgehead atoms. The first-order chi connectivity index (χ1) is 14.8. The fraction of sp³-hybridized carbons (Fsp3) is 0.0952. The Balaban J connectivity index is 1.60. The van der Waals surface area contributed by atoms with Crippen LogP contribution in [0.1, 0.15) is 11.3 Å². The fourth-order valence-corrected chi connectivity index (χ4v) is 4.91. The molecule has 8 nitrogen and oxygen atoms in total. The van der Waals surface area contributed by atoms with Crippen LogP contribution in [0.5, 0.6) is 0 Å². The van der Waals surface area contributed by atoms with E-state index in [-0.39, 0.29) is 15.8 Å². The van der Waals surface area contributed by atoms with E-state index in [9.17, 15) is 8.42 Å². The topological polar surface area (TPSA) is 106 Å². The van der Waals surface area contributed by atoms with Crippen LogP contribution in [0, 0.1) is 13.8 Å². The maximum atomic E-state index is 13.2. The highest BCUT2D eigenvalue weighted by Gasteiger charge is 2.22. The number of aromatic amines is 1. The van der Waals surface area contributed by atoms with Crippen molar-refractivity contribution in [2.24, 2.45) is 0 Å². The lowest BCUT2D eigenvalue weighted by Gasteiger charge is -2.10. The number of nitrogens with zero attached hydrogens (tertiary/aromatic N) is 4. The van der Waals surface area contributed by atoms with E-state index in [2.05, 4.69) is 25.5 Å². The van der Waals surface area contributed by atoms with Crippen molar-refractivity contribution >= 4 is 55.1 Å². The summed E-state index contributed by atoms with van der Waals surface area (Å²) >= 11 is 6.15. The molecule has 5 rings (SSSR count). The van der Waals surface area contributed by atoms with Gasteiger partial charge in [-0.2, -0.15) is 15.1 Å². The quantitative estimate of drug-likeness (QED) is 0.387. The third-order valence-corrected chi connectivity index (χ3v) is 6.93. The van der Waals surface area contributed by atoms with E-state index in [1.807, 2.05) is 32.0 Å². The van der Waals surface area contributed by atoms with Crippen molar-refractivity contribution in [1.82, 2.24) is 24.1 Å². The number of anilines is 2. The lowest BCUT2D eigenvalue weighted by atomic mass is 10.2. The van der Waals surface area contributed by atoms with Gasteiger partial charge >= 0.3 is 0 Å². The normalized spacial score (nSPS) is 12.0. The fourth-order valence-electron chi connectivity index (χ4n) is 3.45. The van der Waals surface area contributed by atoms with Gasteiger partial charge in [0, 0.05) is 17.3 Å². The zero-order valence-corrected chi connectivity index (χ0v) is 18.2. The number of halogens is 1. The van der Waals surface area contributed by atoms with E-state index >= 15 is 0 Å². The highest BCUT2D eigenvalue weighted by Crippen LogP contribution is 2.30. The average Bonchev–Trinajstić information content (AvgIpc) is 3.32. The van der Waals surface area contributed by atoms with Crippen LogP contribution in [0.15, 0.2) is 59.6 Å². The van der Waals surface area contributed by atoms with Gasteiger partial charge in [0.1, 0.15) is 5.82 Å². The van der Waals surface area contributed by atoms with Crippen LogP contribution in [0.2, 0.25) is 5.28 Å². The second-order valence-corrected chi connectivity index (χ2v) is 9.36. The third kappa shape index (κ3) is 3.31. The lowest BCUT2D eigenvalue weighted by molar-refractivity contribution is 0.588. The van der Waals surface area contributed by atoms with Gasteiger partial charge in [-0.15, -0.1) is 0 Å². The van der Waals surface area contributed by atoms with Crippen molar-refractivity contribution in [2.45, 2.75) is 18.7 Å². The molecule has 3 aromatic heterocycles. The first-order valence-electron chi connectivity index (χ1n) is 9.41. The van der Waals surface area contributed by atoms with Gasteiger partial charge in [-0.1, -0.05) is 17.7 Å². The minimum atomic E-state index is -3.84. The molecular weight excluding hydrogens is 436 g/mol. The van der Waals surface area contributed by atoms with Crippen LogP contribution < -0.4 is 5.32 Å². The summed E-state index contributed by atoms with van der Waals surface area (Å²) in [5.74, 6) is 0.406. The maximum absolute atomic E-state index is 13.2. The Morgan fingerprint density at radius 1 is 1.00 bits per heavy atom. The molecule has 0 aliphatic heterocycles. The molecule has 0 radical (unpaired) electrons. The lowest BCUT2D eigenvalue weighted by Crippen LogP contribution is -2.12. The molecule has 0 saturated carbocycles. The largest absolute Gasteiger partial charge is 0.339 e. The number of H-pyrrole nitrogens is 1. The number of hydrogen-bond donors (Lipinski definition) is 2. The summed E-state index contributed by atoms with van der Waals surface area (Å²) in [5.41, 5.74) is 3.70. The molecule has 0 aliphatic rings. The molecular formula is C21H17ClN6O2S. The maximum Gasteiger partial charge on any atom is 0.269 e. The average molecular weight is 453 g/mol.